The van der Waals surface area contributed by atoms with Crippen LogP contribution in [0.2, 0.25) is 0 Å². The largest absolute Gasteiger partial charge is 0.366 e. The lowest BCUT2D eigenvalue weighted by atomic mass is 10.2. The van der Waals surface area contributed by atoms with Gasteiger partial charge in [-0.25, -0.2) is 9.37 Å². The van der Waals surface area contributed by atoms with Crippen LogP contribution < -0.4 is 10.2 Å². The van der Waals surface area contributed by atoms with E-state index in [1.807, 2.05) is 13.1 Å². The summed E-state index contributed by atoms with van der Waals surface area (Å²) >= 11 is 1.65. The molecule has 0 bridgehead atoms. The highest BCUT2D eigenvalue weighted by atomic mass is 32.1. The van der Waals surface area contributed by atoms with Gasteiger partial charge < -0.3 is 10.2 Å². The number of hydrogen-bond donors (Lipinski definition) is 1. The van der Waals surface area contributed by atoms with E-state index in [4.69, 9.17) is 0 Å². The van der Waals surface area contributed by atoms with Gasteiger partial charge in [-0.15, -0.1) is 11.3 Å². The molecule has 1 N–H and O–H groups in total. The zero-order valence-electron chi connectivity index (χ0n) is 11.2. The number of anilines is 1. The predicted molar refractivity (Wildman–Crippen MR) is 78.0 cm³/mol. The maximum absolute atomic E-state index is 13.3. The summed E-state index contributed by atoms with van der Waals surface area (Å²) < 4.78 is 13.3. The number of halogens is 1. The predicted octanol–water partition coefficient (Wildman–Crippen LogP) is 3.03. The minimum atomic E-state index is -0.204. The van der Waals surface area contributed by atoms with Gasteiger partial charge in [0.15, 0.2) is 0 Å². The molecule has 0 aliphatic heterocycles. The topological polar surface area (TPSA) is 28.2 Å². The molecule has 2 aromatic rings. The quantitative estimate of drug-likeness (QED) is 0.881. The van der Waals surface area contributed by atoms with Gasteiger partial charge >= 0.3 is 0 Å². The molecular formula is C14H18FN3S. The van der Waals surface area contributed by atoms with Crippen LogP contribution in [-0.2, 0) is 13.1 Å². The molecule has 0 aliphatic carbocycles. The van der Waals surface area contributed by atoms with Crippen molar-refractivity contribution in [1.82, 2.24) is 10.3 Å². The Balaban J connectivity index is 2.09. The highest BCUT2D eigenvalue weighted by Gasteiger charge is 2.09. The van der Waals surface area contributed by atoms with Crippen molar-refractivity contribution in [2.24, 2.45) is 0 Å². The Morgan fingerprint density at radius 1 is 1.42 bits per heavy atom. The molecule has 19 heavy (non-hydrogen) atoms. The second-order valence-electron chi connectivity index (χ2n) is 4.26. The van der Waals surface area contributed by atoms with Gasteiger partial charge in [0.1, 0.15) is 10.8 Å². The summed E-state index contributed by atoms with van der Waals surface area (Å²) in [6.45, 7) is 4.38. The fraction of sp³-hybridized carbons (Fsp3) is 0.357. The molecule has 2 rings (SSSR count). The smallest absolute Gasteiger partial charge is 0.125 e. The maximum Gasteiger partial charge on any atom is 0.125 e. The zero-order chi connectivity index (χ0) is 13.7. The van der Waals surface area contributed by atoms with Crippen LogP contribution in [0.3, 0.4) is 0 Å². The first-order valence-corrected chi connectivity index (χ1v) is 7.19. The van der Waals surface area contributed by atoms with Crippen LogP contribution in [0.5, 0.6) is 0 Å². The lowest BCUT2D eigenvalue weighted by Gasteiger charge is -2.22. The van der Waals surface area contributed by atoms with Gasteiger partial charge in [-0.1, -0.05) is 6.07 Å². The number of nitrogens with one attached hydrogen (secondary N) is 1. The fourth-order valence-corrected chi connectivity index (χ4v) is 2.70. The van der Waals surface area contributed by atoms with Crippen molar-refractivity contribution >= 4 is 17.0 Å². The number of thiazole rings is 1. The van der Waals surface area contributed by atoms with Crippen molar-refractivity contribution in [2.45, 2.75) is 20.0 Å². The summed E-state index contributed by atoms with van der Waals surface area (Å²) in [7, 11) is 1.91. The molecule has 1 aromatic heterocycles. The molecule has 0 saturated carbocycles. The number of rotatable bonds is 6. The first-order chi connectivity index (χ1) is 9.22. The molecular weight excluding hydrogens is 261 g/mol. The van der Waals surface area contributed by atoms with E-state index in [2.05, 4.69) is 27.5 Å². The van der Waals surface area contributed by atoms with Gasteiger partial charge in [-0.3, -0.25) is 0 Å². The Kier molecular flexibility index (Phi) is 4.87. The standard InChI is InChI=1S/C14H18FN3S/c1-3-18(13-6-4-5-11(15)7-13)9-12-10-19-14(17-12)8-16-2/h4-7,10,16H,3,8-9H2,1-2H3. The molecule has 102 valence electrons. The number of hydrogen-bond acceptors (Lipinski definition) is 4. The highest BCUT2D eigenvalue weighted by Crippen LogP contribution is 2.19. The van der Waals surface area contributed by atoms with E-state index in [-0.39, 0.29) is 5.82 Å². The molecule has 0 amide bonds. The summed E-state index contributed by atoms with van der Waals surface area (Å²) in [5.74, 6) is -0.204. The van der Waals surface area contributed by atoms with Gasteiger partial charge in [0.05, 0.1) is 12.2 Å². The first kappa shape index (κ1) is 14.0. The molecule has 0 aliphatic rings. The van der Waals surface area contributed by atoms with E-state index in [9.17, 15) is 4.39 Å². The van der Waals surface area contributed by atoms with Crippen molar-refractivity contribution in [1.29, 1.82) is 0 Å². The maximum atomic E-state index is 13.3. The van der Waals surface area contributed by atoms with Gasteiger partial charge in [0.25, 0.3) is 0 Å². The van der Waals surface area contributed by atoms with E-state index >= 15 is 0 Å². The van der Waals surface area contributed by atoms with E-state index < -0.39 is 0 Å². The third-order valence-corrected chi connectivity index (χ3v) is 3.73. The minimum absolute atomic E-state index is 0.204. The molecule has 3 nitrogen and oxygen atoms in total. The molecule has 1 aromatic carbocycles. The lowest BCUT2D eigenvalue weighted by molar-refractivity contribution is 0.626. The lowest BCUT2D eigenvalue weighted by Crippen LogP contribution is -2.22. The van der Waals surface area contributed by atoms with Crippen molar-refractivity contribution in [3.05, 3.63) is 46.2 Å². The average molecular weight is 279 g/mol. The van der Waals surface area contributed by atoms with Crippen LogP contribution in [0, 0.1) is 5.82 Å². The molecule has 0 radical (unpaired) electrons. The van der Waals surface area contributed by atoms with Gasteiger partial charge in [-0.2, -0.15) is 0 Å². The Morgan fingerprint density at radius 3 is 2.95 bits per heavy atom. The summed E-state index contributed by atoms with van der Waals surface area (Å²) in [5, 5.41) is 6.23. The third-order valence-electron chi connectivity index (χ3n) is 2.84. The average Bonchev–Trinajstić information content (AvgIpc) is 2.84. The minimum Gasteiger partial charge on any atom is -0.366 e. The Bertz CT molecular complexity index is 527. The van der Waals surface area contributed by atoms with Crippen LogP contribution in [0.4, 0.5) is 10.1 Å². The summed E-state index contributed by atoms with van der Waals surface area (Å²) in [6, 6.07) is 6.68. The SMILES string of the molecule is CCN(Cc1csc(CNC)n1)c1cccc(F)c1. The molecule has 0 fully saturated rings. The van der Waals surface area contributed by atoms with Crippen LogP contribution in [-0.4, -0.2) is 18.6 Å². The number of benzene rings is 1. The zero-order valence-corrected chi connectivity index (χ0v) is 12.0. The van der Waals surface area contributed by atoms with E-state index in [0.717, 1.165) is 29.5 Å². The number of nitrogens with zero attached hydrogens (tertiary/aromatic N) is 2. The monoisotopic (exact) mass is 279 g/mol. The molecule has 1 heterocycles. The highest BCUT2D eigenvalue weighted by molar-refractivity contribution is 7.09. The van der Waals surface area contributed by atoms with Crippen molar-refractivity contribution in [3.63, 3.8) is 0 Å². The molecule has 0 spiro atoms. The molecule has 0 atom stereocenters. The van der Waals surface area contributed by atoms with Gasteiger partial charge in [-0.05, 0) is 32.2 Å². The van der Waals surface area contributed by atoms with Crippen molar-refractivity contribution in [2.75, 3.05) is 18.5 Å². The van der Waals surface area contributed by atoms with Gasteiger partial charge in [0, 0.05) is 24.2 Å². The normalized spacial score (nSPS) is 10.7. The molecule has 0 unspecified atom stereocenters. The fourth-order valence-electron chi connectivity index (χ4n) is 1.91. The molecule has 5 heteroatoms. The van der Waals surface area contributed by atoms with Crippen LogP contribution in [0.25, 0.3) is 0 Å². The third kappa shape index (κ3) is 3.75. The molecule has 0 saturated heterocycles. The Morgan fingerprint density at radius 2 is 2.26 bits per heavy atom. The second kappa shape index (κ2) is 6.63. The summed E-state index contributed by atoms with van der Waals surface area (Å²) in [4.78, 5) is 6.67. The van der Waals surface area contributed by atoms with Crippen molar-refractivity contribution in [3.8, 4) is 0 Å². The van der Waals surface area contributed by atoms with E-state index in [1.54, 1.807) is 23.5 Å². The Hall–Kier alpha value is -1.46. The first-order valence-electron chi connectivity index (χ1n) is 6.31. The van der Waals surface area contributed by atoms with Crippen LogP contribution >= 0.6 is 11.3 Å². The van der Waals surface area contributed by atoms with E-state index in [1.165, 1.54) is 6.07 Å². The second-order valence-corrected chi connectivity index (χ2v) is 5.20. The summed E-state index contributed by atoms with van der Waals surface area (Å²) in [5.41, 5.74) is 1.92. The van der Waals surface area contributed by atoms with Gasteiger partial charge in [0.2, 0.25) is 0 Å². The van der Waals surface area contributed by atoms with E-state index in [0.29, 0.717) is 6.54 Å². The number of aromatic nitrogens is 1. The Labute approximate surface area is 117 Å². The van der Waals surface area contributed by atoms with Crippen molar-refractivity contribution < 1.29 is 4.39 Å². The summed E-state index contributed by atoms with van der Waals surface area (Å²) in [6.07, 6.45) is 0. The van der Waals surface area contributed by atoms with Crippen LogP contribution in [0.15, 0.2) is 29.6 Å². The van der Waals surface area contributed by atoms with Crippen LogP contribution in [0.1, 0.15) is 17.6 Å².